The first-order valence-electron chi connectivity index (χ1n) is 7.24. The largest absolute Gasteiger partial charge is 0.497 e. The smallest absolute Gasteiger partial charge is 0.219 e. The minimum atomic E-state index is 0.135. The average Bonchev–Trinajstić information content (AvgIpc) is 2.71. The van der Waals surface area contributed by atoms with Gasteiger partial charge in [-0.2, -0.15) is 0 Å². The van der Waals surface area contributed by atoms with Gasteiger partial charge in [0.2, 0.25) is 5.91 Å². The fourth-order valence-electron chi connectivity index (χ4n) is 1.77. The number of allylic oxidation sites excluding steroid dienone is 1. The minimum absolute atomic E-state index is 0.135. The number of carbonyl (C=O) groups excluding carboxylic acids is 1. The maximum atomic E-state index is 11.4. The Morgan fingerprint density at radius 2 is 2.05 bits per heavy atom. The lowest BCUT2D eigenvalue weighted by atomic mass is 10.2. The summed E-state index contributed by atoms with van der Waals surface area (Å²) >= 11 is 1.80. The molecule has 2 rings (SSSR count). The molecule has 1 aromatic rings. The molecule has 118 valence electrons. The van der Waals surface area contributed by atoms with Crippen LogP contribution in [0.15, 0.2) is 35.7 Å². The summed E-state index contributed by atoms with van der Waals surface area (Å²) in [7, 11) is 1.66. The van der Waals surface area contributed by atoms with E-state index in [1.165, 1.54) is 10.5 Å². The van der Waals surface area contributed by atoms with Crippen molar-refractivity contribution in [1.82, 2.24) is 4.90 Å². The molecule has 0 spiro atoms. The van der Waals surface area contributed by atoms with Crippen LogP contribution < -0.4 is 4.74 Å². The van der Waals surface area contributed by atoms with Crippen molar-refractivity contribution in [1.29, 1.82) is 0 Å². The zero-order valence-electron chi connectivity index (χ0n) is 13.8. The molecule has 1 aliphatic rings. The van der Waals surface area contributed by atoms with E-state index in [1.807, 2.05) is 37.8 Å². The third-order valence-corrected chi connectivity index (χ3v) is 3.79. The molecule has 0 N–H and O–H groups in total. The quantitative estimate of drug-likeness (QED) is 0.722. The van der Waals surface area contributed by atoms with Gasteiger partial charge in [0.05, 0.1) is 7.11 Å². The van der Waals surface area contributed by atoms with Crippen molar-refractivity contribution in [3.05, 3.63) is 36.4 Å². The van der Waals surface area contributed by atoms with E-state index in [-0.39, 0.29) is 5.91 Å². The Kier molecular flexibility index (Phi) is 10.5. The highest BCUT2D eigenvalue weighted by atomic mass is 32.2. The molecule has 0 atom stereocenters. The van der Waals surface area contributed by atoms with E-state index >= 15 is 0 Å². The fourth-order valence-corrected chi connectivity index (χ4v) is 2.77. The first-order chi connectivity index (χ1) is 10.1. The number of ether oxygens (including phenoxy) is 1. The number of rotatable bonds is 1. The summed E-state index contributed by atoms with van der Waals surface area (Å²) in [6, 6.07) is 6.06. The molecule has 0 saturated heterocycles. The number of hydrogen-bond donors (Lipinski definition) is 0. The van der Waals surface area contributed by atoms with E-state index in [1.54, 1.807) is 31.9 Å². The lowest BCUT2D eigenvalue weighted by Gasteiger charge is -2.18. The van der Waals surface area contributed by atoms with Crippen LogP contribution in [0.4, 0.5) is 0 Å². The van der Waals surface area contributed by atoms with E-state index in [9.17, 15) is 4.79 Å². The van der Waals surface area contributed by atoms with Crippen LogP contribution in [0.5, 0.6) is 5.75 Å². The number of amides is 1. The Balaban J connectivity index is 0.000000713. The van der Waals surface area contributed by atoms with E-state index in [4.69, 9.17) is 4.74 Å². The molecule has 0 bridgehead atoms. The van der Waals surface area contributed by atoms with Crippen molar-refractivity contribution in [2.75, 3.05) is 19.4 Å². The molecule has 3 nitrogen and oxygen atoms in total. The second kappa shape index (κ2) is 11.3. The van der Waals surface area contributed by atoms with Crippen molar-refractivity contribution >= 4 is 17.7 Å². The monoisotopic (exact) mass is 309 g/mol. The van der Waals surface area contributed by atoms with E-state index in [2.05, 4.69) is 12.6 Å². The summed E-state index contributed by atoms with van der Waals surface area (Å²) in [5.74, 6) is 1.94. The van der Waals surface area contributed by atoms with E-state index in [0.29, 0.717) is 6.54 Å². The van der Waals surface area contributed by atoms with Crippen LogP contribution in [0.1, 0.15) is 33.3 Å². The number of thioether (sulfide) groups is 1. The summed E-state index contributed by atoms with van der Waals surface area (Å²) in [4.78, 5) is 14.5. The highest BCUT2D eigenvalue weighted by molar-refractivity contribution is 7.99. The Bertz CT molecular complexity index is 446. The Hall–Kier alpha value is -1.42. The fraction of sp³-hybridized carbons (Fsp3) is 0.471. The maximum Gasteiger partial charge on any atom is 0.219 e. The molecule has 21 heavy (non-hydrogen) atoms. The zero-order valence-corrected chi connectivity index (χ0v) is 14.6. The SMILES string of the molecule is C=CC.CC.COc1ccc2c(c1)CN(C(C)=O)CCS2. The van der Waals surface area contributed by atoms with Gasteiger partial charge in [0, 0.05) is 30.7 Å². The van der Waals surface area contributed by atoms with Gasteiger partial charge in [-0.05, 0) is 30.7 Å². The second-order valence-corrected chi connectivity index (χ2v) is 5.31. The molecule has 1 aromatic carbocycles. The second-order valence-electron chi connectivity index (χ2n) is 4.17. The molecule has 0 saturated carbocycles. The third-order valence-electron chi connectivity index (χ3n) is 2.69. The summed E-state index contributed by atoms with van der Waals surface area (Å²) < 4.78 is 5.20. The van der Waals surface area contributed by atoms with Gasteiger partial charge in [-0.1, -0.05) is 19.9 Å². The molecule has 1 amide bonds. The highest BCUT2D eigenvalue weighted by Gasteiger charge is 2.16. The van der Waals surface area contributed by atoms with Gasteiger partial charge in [-0.15, -0.1) is 18.3 Å². The molecule has 1 aliphatic heterocycles. The third kappa shape index (κ3) is 6.71. The molecular weight excluding hydrogens is 282 g/mol. The molecule has 0 aliphatic carbocycles. The predicted molar refractivity (Wildman–Crippen MR) is 92.0 cm³/mol. The topological polar surface area (TPSA) is 29.5 Å². The van der Waals surface area contributed by atoms with Crippen LogP contribution >= 0.6 is 11.8 Å². The van der Waals surface area contributed by atoms with Crippen LogP contribution in [0.2, 0.25) is 0 Å². The van der Waals surface area contributed by atoms with E-state index in [0.717, 1.165) is 18.0 Å². The first-order valence-corrected chi connectivity index (χ1v) is 8.23. The molecular formula is C17H27NO2S. The van der Waals surface area contributed by atoms with Gasteiger partial charge in [0.25, 0.3) is 0 Å². The Morgan fingerprint density at radius 1 is 1.43 bits per heavy atom. The van der Waals surface area contributed by atoms with Crippen LogP contribution in [0.25, 0.3) is 0 Å². The van der Waals surface area contributed by atoms with Crippen molar-refractivity contribution in [3.63, 3.8) is 0 Å². The minimum Gasteiger partial charge on any atom is -0.497 e. The van der Waals surface area contributed by atoms with Crippen molar-refractivity contribution in [3.8, 4) is 5.75 Å². The number of methoxy groups -OCH3 is 1. The van der Waals surface area contributed by atoms with Gasteiger partial charge in [0.1, 0.15) is 5.75 Å². The molecule has 0 radical (unpaired) electrons. The lowest BCUT2D eigenvalue weighted by Crippen LogP contribution is -2.29. The summed E-state index contributed by atoms with van der Waals surface area (Å²) in [5, 5.41) is 0. The normalized spacial score (nSPS) is 12.5. The molecule has 0 fully saturated rings. The number of benzene rings is 1. The summed E-state index contributed by atoms with van der Waals surface area (Å²) in [5.41, 5.74) is 1.18. The first kappa shape index (κ1) is 19.6. The molecule has 0 unspecified atom stereocenters. The van der Waals surface area contributed by atoms with Gasteiger partial charge in [-0.3, -0.25) is 4.79 Å². The summed E-state index contributed by atoms with van der Waals surface area (Å²) in [6.07, 6.45) is 1.75. The number of carbonyl (C=O) groups is 1. The van der Waals surface area contributed by atoms with Gasteiger partial charge in [-0.25, -0.2) is 0 Å². The lowest BCUT2D eigenvalue weighted by molar-refractivity contribution is -0.129. The number of fused-ring (bicyclic) bond motifs is 1. The highest BCUT2D eigenvalue weighted by Crippen LogP contribution is 2.30. The van der Waals surface area contributed by atoms with Crippen LogP contribution in [-0.4, -0.2) is 30.2 Å². The van der Waals surface area contributed by atoms with Crippen molar-refractivity contribution in [2.45, 2.75) is 39.1 Å². The Labute approximate surface area is 133 Å². The number of hydrogen-bond acceptors (Lipinski definition) is 3. The van der Waals surface area contributed by atoms with Gasteiger partial charge < -0.3 is 9.64 Å². The van der Waals surface area contributed by atoms with Gasteiger partial charge in [0.15, 0.2) is 0 Å². The molecule has 1 heterocycles. The molecule has 0 aromatic heterocycles. The van der Waals surface area contributed by atoms with Crippen molar-refractivity contribution in [2.24, 2.45) is 0 Å². The zero-order chi connectivity index (χ0) is 16.3. The summed E-state index contributed by atoms with van der Waals surface area (Å²) in [6.45, 7) is 12.4. The number of nitrogens with zero attached hydrogens (tertiary/aromatic N) is 1. The van der Waals surface area contributed by atoms with Crippen molar-refractivity contribution < 1.29 is 9.53 Å². The van der Waals surface area contributed by atoms with Crippen LogP contribution in [-0.2, 0) is 11.3 Å². The molecule has 4 heteroatoms. The maximum absolute atomic E-state index is 11.4. The van der Waals surface area contributed by atoms with E-state index < -0.39 is 0 Å². The predicted octanol–water partition coefficient (Wildman–Crippen LogP) is 4.37. The van der Waals surface area contributed by atoms with Gasteiger partial charge >= 0.3 is 0 Å². The van der Waals surface area contributed by atoms with Crippen LogP contribution in [0, 0.1) is 0 Å². The van der Waals surface area contributed by atoms with Crippen LogP contribution in [0.3, 0.4) is 0 Å². The average molecular weight is 309 g/mol. The standard InChI is InChI=1S/C12H15NO2S.C3H6.C2H6/c1-9(14)13-5-6-16-12-4-3-11(15-2)7-10(12)8-13;1-3-2;1-2/h3-4,7H,5-6,8H2,1-2H3;3H,1H2,2H3;1-2H3. The Morgan fingerprint density at radius 3 is 2.57 bits per heavy atom.